The van der Waals surface area contributed by atoms with Gasteiger partial charge in [0.1, 0.15) is 17.9 Å². The van der Waals surface area contributed by atoms with Crippen LogP contribution < -0.4 is 9.64 Å². The van der Waals surface area contributed by atoms with Crippen LogP contribution >= 0.6 is 0 Å². The molecule has 0 amide bonds. The van der Waals surface area contributed by atoms with Gasteiger partial charge in [0.15, 0.2) is 0 Å². The fourth-order valence-corrected chi connectivity index (χ4v) is 4.78. The van der Waals surface area contributed by atoms with Gasteiger partial charge >= 0.3 is 0 Å². The molecule has 1 aliphatic rings. The van der Waals surface area contributed by atoms with Crippen molar-refractivity contribution in [3.05, 3.63) is 67.0 Å². The zero-order valence-corrected chi connectivity index (χ0v) is 16.9. The van der Waals surface area contributed by atoms with Crippen LogP contribution in [-0.4, -0.2) is 56.0 Å². The van der Waals surface area contributed by atoms with Gasteiger partial charge in [-0.15, -0.1) is 0 Å². The van der Waals surface area contributed by atoms with Crippen molar-refractivity contribution in [2.45, 2.75) is 4.90 Å². The average molecular weight is 410 g/mol. The number of benzene rings is 2. The topological polar surface area (TPSA) is 75.6 Å². The first-order valence-corrected chi connectivity index (χ1v) is 10.8. The van der Waals surface area contributed by atoms with Gasteiger partial charge in [0.05, 0.1) is 17.7 Å². The van der Waals surface area contributed by atoms with Crippen molar-refractivity contribution < 1.29 is 13.2 Å². The normalized spacial score (nSPS) is 15.3. The maximum absolute atomic E-state index is 12.8. The first kappa shape index (κ1) is 19.4. The predicted molar refractivity (Wildman–Crippen MR) is 111 cm³/mol. The summed E-state index contributed by atoms with van der Waals surface area (Å²) in [5.41, 5.74) is 1.79. The SMILES string of the molecule is COc1ccc(-c2cc(N3CCN(S(=O)(=O)c4ccccc4)CC3)ncn2)cc1. The number of hydrogen-bond donors (Lipinski definition) is 0. The first-order valence-electron chi connectivity index (χ1n) is 9.34. The molecule has 0 N–H and O–H groups in total. The molecule has 2 heterocycles. The molecule has 4 rings (SSSR count). The van der Waals surface area contributed by atoms with Gasteiger partial charge in [-0.25, -0.2) is 18.4 Å². The van der Waals surface area contributed by atoms with Gasteiger partial charge in [-0.3, -0.25) is 0 Å². The molecule has 8 heteroatoms. The number of piperazine rings is 1. The Kier molecular flexibility index (Phi) is 5.46. The van der Waals surface area contributed by atoms with E-state index in [-0.39, 0.29) is 0 Å². The van der Waals surface area contributed by atoms with Crippen molar-refractivity contribution in [1.29, 1.82) is 0 Å². The molecule has 1 aromatic heterocycles. The summed E-state index contributed by atoms with van der Waals surface area (Å²) < 4.78 is 32.3. The second kappa shape index (κ2) is 8.18. The highest BCUT2D eigenvalue weighted by atomic mass is 32.2. The minimum absolute atomic E-state index is 0.331. The molecule has 0 unspecified atom stereocenters. The predicted octanol–water partition coefficient (Wildman–Crippen LogP) is 2.66. The Balaban J connectivity index is 1.47. The smallest absolute Gasteiger partial charge is 0.243 e. The summed E-state index contributed by atoms with van der Waals surface area (Å²) in [6.07, 6.45) is 1.54. The largest absolute Gasteiger partial charge is 0.497 e. The highest BCUT2D eigenvalue weighted by Crippen LogP contribution is 2.24. The van der Waals surface area contributed by atoms with Crippen LogP contribution in [0.1, 0.15) is 0 Å². The molecule has 2 aromatic carbocycles. The number of rotatable bonds is 5. The van der Waals surface area contributed by atoms with Gasteiger partial charge in [0.25, 0.3) is 0 Å². The van der Waals surface area contributed by atoms with E-state index in [1.165, 1.54) is 4.31 Å². The number of ether oxygens (including phenoxy) is 1. The Labute approximate surface area is 170 Å². The van der Waals surface area contributed by atoms with E-state index in [1.54, 1.807) is 37.7 Å². The molecule has 0 bridgehead atoms. The number of methoxy groups -OCH3 is 1. The summed E-state index contributed by atoms with van der Waals surface area (Å²) in [6, 6.07) is 18.2. The van der Waals surface area contributed by atoms with E-state index < -0.39 is 10.0 Å². The van der Waals surface area contributed by atoms with Crippen molar-refractivity contribution >= 4 is 15.8 Å². The molecule has 0 atom stereocenters. The highest BCUT2D eigenvalue weighted by molar-refractivity contribution is 7.89. The maximum atomic E-state index is 12.8. The molecule has 0 spiro atoms. The average Bonchev–Trinajstić information content (AvgIpc) is 2.80. The number of hydrogen-bond acceptors (Lipinski definition) is 6. The molecular weight excluding hydrogens is 388 g/mol. The van der Waals surface area contributed by atoms with Crippen LogP contribution in [0.5, 0.6) is 5.75 Å². The summed E-state index contributed by atoms with van der Waals surface area (Å²) in [4.78, 5) is 11.2. The molecule has 7 nitrogen and oxygen atoms in total. The van der Waals surface area contributed by atoms with E-state index in [2.05, 4.69) is 14.9 Å². The Morgan fingerprint density at radius 1 is 0.897 bits per heavy atom. The van der Waals surface area contributed by atoms with Crippen molar-refractivity contribution in [1.82, 2.24) is 14.3 Å². The van der Waals surface area contributed by atoms with E-state index in [9.17, 15) is 8.42 Å². The summed E-state index contributed by atoms with van der Waals surface area (Å²) in [6.45, 7) is 1.98. The summed E-state index contributed by atoms with van der Waals surface area (Å²) in [5, 5.41) is 0. The second-order valence-corrected chi connectivity index (χ2v) is 8.63. The Bertz CT molecular complexity index is 1060. The van der Waals surface area contributed by atoms with E-state index in [0.717, 1.165) is 22.8 Å². The fraction of sp³-hybridized carbons (Fsp3) is 0.238. The van der Waals surface area contributed by atoms with E-state index in [1.807, 2.05) is 36.4 Å². The third-order valence-corrected chi connectivity index (χ3v) is 6.89. The van der Waals surface area contributed by atoms with Crippen LogP contribution in [-0.2, 0) is 10.0 Å². The number of sulfonamides is 1. The van der Waals surface area contributed by atoms with E-state index in [4.69, 9.17) is 4.74 Å². The Morgan fingerprint density at radius 3 is 2.24 bits per heavy atom. The van der Waals surface area contributed by atoms with Gasteiger partial charge in [0.2, 0.25) is 10.0 Å². The molecule has 0 aliphatic carbocycles. The molecule has 1 saturated heterocycles. The van der Waals surface area contributed by atoms with Gasteiger partial charge in [-0.05, 0) is 36.4 Å². The second-order valence-electron chi connectivity index (χ2n) is 6.69. The molecule has 3 aromatic rings. The highest BCUT2D eigenvalue weighted by Gasteiger charge is 2.28. The van der Waals surface area contributed by atoms with Crippen LogP contribution in [0.4, 0.5) is 5.82 Å². The fourth-order valence-electron chi connectivity index (χ4n) is 3.34. The molecular formula is C21H22N4O3S. The minimum atomic E-state index is -3.46. The lowest BCUT2D eigenvalue weighted by Gasteiger charge is -2.34. The van der Waals surface area contributed by atoms with Crippen LogP contribution in [0.2, 0.25) is 0 Å². The summed E-state index contributed by atoms with van der Waals surface area (Å²) in [5.74, 6) is 1.58. The van der Waals surface area contributed by atoms with Crippen molar-refractivity contribution in [2.75, 3.05) is 38.2 Å². The maximum Gasteiger partial charge on any atom is 0.243 e. The van der Waals surface area contributed by atoms with Crippen LogP contribution in [0.3, 0.4) is 0 Å². The third kappa shape index (κ3) is 4.08. The molecule has 0 saturated carbocycles. The molecule has 1 aliphatic heterocycles. The molecule has 1 fully saturated rings. The third-order valence-electron chi connectivity index (χ3n) is 4.98. The van der Waals surface area contributed by atoms with Crippen molar-refractivity contribution in [3.8, 4) is 17.0 Å². The number of aromatic nitrogens is 2. The van der Waals surface area contributed by atoms with Crippen molar-refractivity contribution in [2.24, 2.45) is 0 Å². The lowest BCUT2D eigenvalue weighted by atomic mass is 10.1. The quantitative estimate of drug-likeness (QED) is 0.644. The number of anilines is 1. The van der Waals surface area contributed by atoms with Gasteiger partial charge in [-0.1, -0.05) is 18.2 Å². The molecule has 0 radical (unpaired) electrons. The summed E-state index contributed by atoms with van der Waals surface area (Å²) in [7, 11) is -1.83. The number of nitrogens with zero attached hydrogens (tertiary/aromatic N) is 4. The molecule has 150 valence electrons. The van der Waals surface area contributed by atoms with Gasteiger partial charge in [0, 0.05) is 37.8 Å². The zero-order valence-electron chi connectivity index (χ0n) is 16.1. The summed E-state index contributed by atoms with van der Waals surface area (Å²) >= 11 is 0. The molecule has 29 heavy (non-hydrogen) atoms. The lowest BCUT2D eigenvalue weighted by molar-refractivity contribution is 0.384. The monoisotopic (exact) mass is 410 g/mol. The standard InChI is InChI=1S/C21H22N4O3S/c1-28-18-9-7-17(8-10-18)20-15-21(23-16-22-20)24-11-13-25(14-12-24)29(26,27)19-5-3-2-4-6-19/h2-10,15-16H,11-14H2,1H3. The Hall–Kier alpha value is -2.97. The van der Waals surface area contributed by atoms with E-state index in [0.29, 0.717) is 31.1 Å². The lowest BCUT2D eigenvalue weighted by Crippen LogP contribution is -2.48. The zero-order chi connectivity index (χ0) is 20.3. The van der Waals surface area contributed by atoms with E-state index >= 15 is 0 Å². The Morgan fingerprint density at radius 2 is 1.59 bits per heavy atom. The van der Waals surface area contributed by atoms with Crippen LogP contribution in [0.25, 0.3) is 11.3 Å². The van der Waals surface area contributed by atoms with Crippen LogP contribution in [0, 0.1) is 0 Å². The van der Waals surface area contributed by atoms with Crippen molar-refractivity contribution in [3.63, 3.8) is 0 Å². The minimum Gasteiger partial charge on any atom is -0.497 e. The first-order chi connectivity index (χ1) is 14.1. The van der Waals surface area contributed by atoms with Gasteiger partial charge in [-0.2, -0.15) is 4.31 Å². The van der Waals surface area contributed by atoms with Gasteiger partial charge < -0.3 is 9.64 Å². The van der Waals surface area contributed by atoms with Crippen LogP contribution in [0.15, 0.2) is 71.9 Å².